The second-order valence-corrected chi connectivity index (χ2v) is 5.88. The molecular formula is C18H20N4O2. The first-order valence-electron chi connectivity index (χ1n) is 7.87. The maximum absolute atomic E-state index is 12.3. The molecule has 1 fully saturated rings. The third-order valence-corrected chi connectivity index (χ3v) is 4.47. The van der Waals surface area contributed by atoms with Crippen LogP contribution >= 0.6 is 0 Å². The number of anilines is 1. The van der Waals surface area contributed by atoms with E-state index < -0.39 is 0 Å². The molecule has 0 aromatic carbocycles. The van der Waals surface area contributed by atoms with E-state index in [4.69, 9.17) is 0 Å². The van der Waals surface area contributed by atoms with E-state index in [1.165, 1.54) is 6.08 Å². The molecule has 1 atom stereocenters. The number of H-pyrrole nitrogens is 1. The van der Waals surface area contributed by atoms with Gasteiger partial charge in [0.25, 0.3) is 5.56 Å². The third kappa shape index (κ3) is 3.08. The van der Waals surface area contributed by atoms with Crippen molar-refractivity contribution >= 4 is 11.6 Å². The summed E-state index contributed by atoms with van der Waals surface area (Å²) in [6, 6.07) is 5.80. The average molecular weight is 324 g/mol. The molecule has 6 heteroatoms. The smallest absolute Gasteiger partial charge is 0.271 e. The van der Waals surface area contributed by atoms with Crippen LogP contribution in [-0.4, -0.2) is 47.0 Å². The summed E-state index contributed by atoms with van der Waals surface area (Å²) in [7, 11) is 1.90. The zero-order chi connectivity index (χ0) is 17.1. The van der Waals surface area contributed by atoms with Gasteiger partial charge in [0.05, 0.1) is 0 Å². The Bertz CT molecular complexity index is 800. The molecule has 0 bridgehead atoms. The number of nitrogens with one attached hydrogen (secondary N) is 1. The van der Waals surface area contributed by atoms with Crippen LogP contribution in [-0.2, 0) is 4.79 Å². The molecule has 1 saturated heterocycles. The predicted octanol–water partition coefficient (Wildman–Crippen LogP) is 1.66. The van der Waals surface area contributed by atoms with Gasteiger partial charge in [-0.3, -0.25) is 14.6 Å². The Morgan fingerprint density at radius 3 is 2.88 bits per heavy atom. The summed E-state index contributed by atoms with van der Waals surface area (Å²) in [5.41, 5.74) is 2.38. The van der Waals surface area contributed by atoms with Gasteiger partial charge in [0.15, 0.2) is 0 Å². The second kappa shape index (κ2) is 6.70. The zero-order valence-electron chi connectivity index (χ0n) is 13.6. The topological polar surface area (TPSA) is 69.3 Å². The highest BCUT2D eigenvalue weighted by molar-refractivity contribution is 5.87. The van der Waals surface area contributed by atoms with Gasteiger partial charge < -0.3 is 14.8 Å². The molecule has 0 spiro atoms. The fourth-order valence-corrected chi connectivity index (χ4v) is 3.03. The van der Waals surface area contributed by atoms with Crippen molar-refractivity contribution in [3.63, 3.8) is 0 Å². The van der Waals surface area contributed by atoms with Crippen LogP contribution in [0, 0.1) is 0 Å². The number of pyridine rings is 2. The molecule has 6 nitrogen and oxygen atoms in total. The summed E-state index contributed by atoms with van der Waals surface area (Å²) < 4.78 is 0. The van der Waals surface area contributed by atoms with Crippen LogP contribution in [0.4, 0.5) is 5.69 Å². The summed E-state index contributed by atoms with van der Waals surface area (Å²) in [6.07, 6.45) is 7.31. The van der Waals surface area contributed by atoms with E-state index in [0.29, 0.717) is 18.8 Å². The Kier molecular flexibility index (Phi) is 4.46. The number of carbonyl (C=O) groups is 1. The van der Waals surface area contributed by atoms with E-state index in [9.17, 15) is 9.59 Å². The van der Waals surface area contributed by atoms with Crippen LogP contribution in [0.2, 0.25) is 0 Å². The third-order valence-electron chi connectivity index (χ3n) is 4.47. The van der Waals surface area contributed by atoms with Crippen molar-refractivity contribution in [1.29, 1.82) is 0 Å². The number of aromatic amines is 1. The number of carbonyl (C=O) groups excluding carboxylic acids is 1. The first kappa shape index (κ1) is 16.0. The van der Waals surface area contributed by atoms with Gasteiger partial charge in [0.2, 0.25) is 5.91 Å². The standard InChI is InChI=1S/C18H20N4O2/c1-3-17(23)22-9-6-15(12-22)21(2)16-10-14(11-20-18(16)24)13-4-7-19-8-5-13/h3-5,7-8,10-11,15H,1,6,9,12H2,2H3,(H,20,24)/t15-/m0/s1. The summed E-state index contributed by atoms with van der Waals surface area (Å²) in [5, 5.41) is 0. The van der Waals surface area contributed by atoms with Gasteiger partial charge in [-0.25, -0.2) is 0 Å². The van der Waals surface area contributed by atoms with Crippen LogP contribution in [0.3, 0.4) is 0 Å². The van der Waals surface area contributed by atoms with Gasteiger partial charge >= 0.3 is 0 Å². The predicted molar refractivity (Wildman–Crippen MR) is 93.9 cm³/mol. The van der Waals surface area contributed by atoms with Gasteiger partial charge in [-0.1, -0.05) is 6.58 Å². The lowest BCUT2D eigenvalue weighted by Gasteiger charge is -2.26. The normalized spacial score (nSPS) is 16.9. The zero-order valence-corrected chi connectivity index (χ0v) is 13.6. The van der Waals surface area contributed by atoms with Crippen molar-refractivity contribution < 1.29 is 4.79 Å². The van der Waals surface area contributed by atoms with Gasteiger partial charge in [-0.05, 0) is 36.3 Å². The number of likely N-dealkylation sites (N-methyl/N-ethyl adjacent to an activating group) is 1. The molecule has 1 aliphatic rings. The molecule has 1 aliphatic heterocycles. The number of aromatic nitrogens is 2. The summed E-state index contributed by atoms with van der Waals surface area (Å²) in [4.78, 5) is 34.5. The van der Waals surface area contributed by atoms with E-state index in [1.807, 2.05) is 30.1 Å². The van der Waals surface area contributed by atoms with E-state index in [0.717, 1.165) is 17.5 Å². The number of nitrogens with zero attached hydrogens (tertiary/aromatic N) is 3. The SMILES string of the molecule is C=CC(=O)N1CC[C@H](N(C)c2cc(-c3ccncc3)c[nH]c2=O)C1. The fraction of sp³-hybridized carbons (Fsp3) is 0.278. The van der Waals surface area contributed by atoms with Gasteiger partial charge in [-0.2, -0.15) is 0 Å². The molecule has 2 aromatic rings. The van der Waals surface area contributed by atoms with Crippen molar-refractivity contribution in [2.45, 2.75) is 12.5 Å². The number of hydrogen-bond acceptors (Lipinski definition) is 4. The fourth-order valence-electron chi connectivity index (χ4n) is 3.03. The molecule has 2 aromatic heterocycles. The lowest BCUT2D eigenvalue weighted by molar-refractivity contribution is -0.125. The van der Waals surface area contributed by atoms with Crippen LogP contribution in [0.15, 0.2) is 54.2 Å². The number of amides is 1. The van der Waals surface area contributed by atoms with E-state index in [2.05, 4.69) is 16.5 Å². The van der Waals surface area contributed by atoms with E-state index >= 15 is 0 Å². The lowest BCUT2D eigenvalue weighted by Crippen LogP contribution is -2.38. The molecular weight excluding hydrogens is 304 g/mol. The Hall–Kier alpha value is -2.89. The molecule has 1 amide bonds. The minimum Gasteiger partial charge on any atom is -0.365 e. The molecule has 3 rings (SSSR count). The monoisotopic (exact) mass is 324 g/mol. The van der Waals surface area contributed by atoms with Gasteiger partial charge in [-0.15, -0.1) is 0 Å². The molecule has 0 aliphatic carbocycles. The first-order valence-corrected chi connectivity index (χ1v) is 7.87. The van der Waals surface area contributed by atoms with Crippen molar-refractivity contribution in [3.05, 3.63) is 59.8 Å². The number of likely N-dealkylation sites (tertiary alicyclic amines) is 1. The number of hydrogen-bond donors (Lipinski definition) is 1. The van der Waals surface area contributed by atoms with Crippen molar-refractivity contribution in [3.8, 4) is 11.1 Å². The molecule has 124 valence electrons. The first-order chi connectivity index (χ1) is 11.6. The van der Waals surface area contributed by atoms with Crippen molar-refractivity contribution in [1.82, 2.24) is 14.9 Å². The minimum absolute atomic E-state index is 0.0645. The Morgan fingerprint density at radius 1 is 1.42 bits per heavy atom. The minimum atomic E-state index is -0.135. The van der Waals surface area contributed by atoms with Crippen LogP contribution in [0.5, 0.6) is 0 Å². The van der Waals surface area contributed by atoms with Crippen LogP contribution in [0.1, 0.15) is 6.42 Å². The highest BCUT2D eigenvalue weighted by Crippen LogP contribution is 2.23. The van der Waals surface area contributed by atoms with Crippen LogP contribution < -0.4 is 10.5 Å². The van der Waals surface area contributed by atoms with E-state index in [-0.39, 0.29) is 17.5 Å². The molecule has 0 saturated carbocycles. The Balaban J connectivity index is 1.85. The molecule has 0 unspecified atom stereocenters. The molecule has 3 heterocycles. The lowest BCUT2D eigenvalue weighted by atomic mass is 10.1. The summed E-state index contributed by atoms with van der Waals surface area (Å²) >= 11 is 0. The van der Waals surface area contributed by atoms with Crippen molar-refractivity contribution in [2.24, 2.45) is 0 Å². The van der Waals surface area contributed by atoms with Gasteiger partial charge in [0, 0.05) is 50.3 Å². The highest BCUT2D eigenvalue weighted by Gasteiger charge is 2.28. The van der Waals surface area contributed by atoms with Crippen molar-refractivity contribution in [2.75, 3.05) is 25.0 Å². The Labute approximate surface area is 140 Å². The largest absolute Gasteiger partial charge is 0.365 e. The molecule has 24 heavy (non-hydrogen) atoms. The van der Waals surface area contributed by atoms with Crippen LogP contribution in [0.25, 0.3) is 11.1 Å². The maximum atomic E-state index is 12.3. The second-order valence-electron chi connectivity index (χ2n) is 5.88. The highest BCUT2D eigenvalue weighted by atomic mass is 16.2. The molecule has 0 radical (unpaired) electrons. The van der Waals surface area contributed by atoms with E-state index in [1.54, 1.807) is 23.5 Å². The Morgan fingerprint density at radius 2 is 2.17 bits per heavy atom. The summed E-state index contributed by atoms with van der Waals surface area (Å²) in [5.74, 6) is -0.0645. The maximum Gasteiger partial charge on any atom is 0.271 e. The number of rotatable bonds is 4. The average Bonchev–Trinajstić information content (AvgIpc) is 3.12. The van der Waals surface area contributed by atoms with Gasteiger partial charge in [0.1, 0.15) is 5.69 Å². The molecule has 1 N–H and O–H groups in total. The summed E-state index contributed by atoms with van der Waals surface area (Å²) in [6.45, 7) is 4.81. The quantitative estimate of drug-likeness (QED) is 0.869.